The molecule has 0 bridgehead atoms. The van der Waals surface area contributed by atoms with Crippen molar-refractivity contribution in [1.82, 2.24) is 14.5 Å². The van der Waals surface area contributed by atoms with Crippen molar-refractivity contribution in [2.75, 3.05) is 20.8 Å². The van der Waals surface area contributed by atoms with E-state index in [1.54, 1.807) is 7.11 Å². The van der Waals surface area contributed by atoms with Crippen molar-refractivity contribution in [2.24, 2.45) is 0 Å². The molecule has 1 aliphatic heterocycles. The van der Waals surface area contributed by atoms with Crippen molar-refractivity contribution in [3.8, 4) is 0 Å². The molecule has 26 heavy (non-hydrogen) atoms. The fourth-order valence-corrected chi connectivity index (χ4v) is 3.48. The molecule has 1 aromatic heterocycles. The summed E-state index contributed by atoms with van der Waals surface area (Å²) >= 11 is 0. The van der Waals surface area contributed by atoms with E-state index in [2.05, 4.69) is 74.2 Å². The van der Waals surface area contributed by atoms with Gasteiger partial charge >= 0.3 is 0 Å². The van der Waals surface area contributed by atoms with Crippen LogP contribution in [0.1, 0.15) is 51.0 Å². The number of fused-ring (bicyclic) bond motifs is 1. The van der Waals surface area contributed by atoms with Crippen molar-refractivity contribution in [3.05, 3.63) is 59.7 Å². The number of rotatable bonds is 5. The van der Waals surface area contributed by atoms with Gasteiger partial charge in [0.25, 0.3) is 0 Å². The highest BCUT2D eigenvalue weighted by Gasteiger charge is 2.21. The van der Waals surface area contributed by atoms with Gasteiger partial charge in [0.1, 0.15) is 5.82 Å². The van der Waals surface area contributed by atoms with Crippen LogP contribution in [0, 0.1) is 0 Å². The fraction of sp³-hybridized carbons (Fsp3) is 0.409. The summed E-state index contributed by atoms with van der Waals surface area (Å²) in [5.41, 5.74) is 6.78. The minimum absolute atomic E-state index is 0.187. The molecule has 138 valence electrons. The maximum absolute atomic E-state index is 5.45. The van der Waals surface area contributed by atoms with E-state index >= 15 is 0 Å². The second kappa shape index (κ2) is 7.12. The summed E-state index contributed by atoms with van der Waals surface area (Å²) in [6, 6.07) is 6.77. The lowest BCUT2D eigenvalue weighted by Crippen LogP contribution is -2.18. The summed E-state index contributed by atoms with van der Waals surface area (Å²) in [7, 11) is 3.78. The molecule has 2 heterocycles. The van der Waals surface area contributed by atoms with Crippen LogP contribution in [-0.2, 0) is 4.74 Å². The van der Waals surface area contributed by atoms with Crippen LogP contribution in [0.5, 0.6) is 0 Å². The van der Waals surface area contributed by atoms with Crippen LogP contribution in [0.4, 0.5) is 0 Å². The number of ether oxygens (including phenoxy) is 1. The van der Waals surface area contributed by atoms with E-state index < -0.39 is 0 Å². The number of benzene rings is 1. The second-order valence-electron chi connectivity index (χ2n) is 7.48. The van der Waals surface area contributed by atoms with E-state index in [0.29, 0.717) is 12.5 Å². The molecule has 0 radical (unpaired) electrons. The minimum atomic E-state index is 0.187. The summed E-state index contributed by atoms with van der Waals surface area (Å²) in [5, 5.41) is 0. The third-order valence-electron chi connectivity index (χ3n) is 5.07. The molecule has 0 saturated heterocycles. The average Bonchev–Trinajstić information content (AvgIpc) is 2.98. The number of imidazole rings is 1. The molecule has 2 aromatic rings. The van der Waals surface area contributed by atoms with Gasteiger partial charge in [0.15, 0.2) is 0 Å². The van der Waals surface area contributed by atoms with Gasteiger partial charge in [-0.15, -0.1) is 0 Å². The van der Waals surface area contributed by atoms with Crippen LogP contribution < -0.4 is 0 Å². The van der Waals surface area contributed by atoms with Crippen molar-refractivity contribution in [1.29, 1.82) is 0 Å². The van der Waals surface area contributed by atoms with Crippen LogP contribution in [0.3, 0.4) is 0 Å². The van der Waals surface area contributed by atoms with Crippen LogP contribution >= 0.6 is 0 Å². The van der Waals surface area contributed by atoms with E-state index in [4.69, 9.17) is 9.72 Å². The van der Waals surface area contributed by atoms with Crippen molar-refractivity contribution >= 4 is 16.6 Å². The highest BCUT2D eigenvalue weighted by molar-refractivity contribution is 5.84. The Morgan fingerprint density at radius 2 is 1.96 bits per heavy atom. The summed E-state index contributed by atoms with van der Waals surface area (Å²) in [6.45, 7) is 13.5. The molecule has 0 unspecified atom stereocenters. The van der Waals surface area contributed by atoms with E-state index in [1.165, 1.54) is 5.56 Å². The lowest BCUT2D eigenvalue weighted by Gasteiger charge is -2.25. The lowest BCUT2D eigenvalue weighted by atomic mass is 10.0. The zero-order valence-corrected chi connectivity index (χ0v) is 16.7. The Kier molecular flexibility index (Phi) is 5.05. The van der Waals surface area contributed by atoms with E-state index in [1.807, 2.05) is 7.05 Å². The quantitative estimate of drug-likeness (QED) is 0.749. The second-order valence-corrected chi connectivity index (χ2v) is 7.48. The van der Waals surface area contributed by atoms with Gasteiger partial charge in [-0.25, -0.2) is 4.98 Å². The van der Waals surface area contributed by atoms with E-state index in [9.17, 15) is 0 Å². The first-order valence-electron chi connectivity index (χ1n) is 9.17. The Balaban J connectivity index is 2.23. The molecule has 0 aliphatic carbocycles. The maximum atomic E-state index is 5.45. The molecule has 0 N–H and O–H groups in total. The Hall–Kier alpha value is -2.33. The first-order valence-corrected chi connectivity index (χ1v) is 9.17. The number of hydrogen-bond donors (Lipinski definition) is 0. The third-order valence-corrected chi connectivity index (χ3v) is 5.07. The normalized spacial score (nSPS) is 16.3. The molecule has 0 amide bonds. The van der Waals surface area contributed by atoms with Crippen LogP contribution in [0.2, 0.25) is 0 Å². The number of likely N-dealkylation sites (N-methyl/N-ethyl adjacent to an activating group) is 1. The molecule has 0 saturated carbocycles. The Bertz CT molecular complexity index is 901. The smallest absolute Gasteiger partial charge is 0.142 e. The highest BCUT2D eigenvalue weighted by Crippen LogP contribution is 2.32. The lowest BCUT2D eigenvalue weighted by molar-refractivity contribution is 0.163. The standard InChI is InChI=1S/C22H29N3O/c1-14(2)18-8-9-20-21(11-18)25(16(4)13-26-7)22(23-20)19-10-15(3)17(5)24(6)12-19/h8-12,14,16H,5,13H2,1-4,6-7H3/t16-/m0/s1. The van der Waals surface area contributed by atoms with E-state index in [0.717, 1.165) is 33.7 Å². The molecule has 0 spiro atoms. The largest absolute Gasteiger partial charge is 0.383 e. The topological polar surface area (TPSA) is 30.3 Å². The molecule has 3 rings (SSSR count). The Labute approximate surface area is 156 Å². The van der Waals surface area contributed by atoms with Gasteiger partial charge in [-0.3, -0.25) is 0 Å². The predicted molar refractivity (Wildman–Crippen MR) is 109 cm³/mol. The zero-order valence-electron chi connectivity index (χ0n) is 16.7. The molecule has 0 fully saturated rings. The minimum Gasteiger partial charge on any atom is -0.383 e. The summed E-state index contributed by atoms with van der Waals surface area (Å²) in [4.78, 5) is 7.04. The molecule has 1 atom stereocenters. The van der Waals surface area contributed by atoms with Crippen LogP contribution in [0.15, 0.2) is 48.3 Å². The molecular formula is C22H29N3O. The van der Waals surface area contributed by atoms with Crippen molar-refractivity contribution in [3.63, 3.8) is 0 Å². The molecule has 1 aromatic carbocycles. The highest BCUT2D eigenvalue weighted by atomic mass is 16.5. The number of allylic oxidation sites excluding steroid dienone is 3. The monoisotopic (exact) mass is 351 g/mol. The fourth-order valence-electron chi connectivity index (χ4n) is 3.48. The number of aromatic nitrogens is 2. The Morgan fingerprint density at radius 3 is 2.58 bits per heavy atom. The summed E-state index contributed by atoms with van der Waals surface area (Å²) < 4.78 is 7.76. The van der Waals surface area contributed by atoms with Crippen LogP contribution in [0.25, 0.3) is 16.6 Å². The SMILES string of the molecule is C=C1C(C)=CC(c2nc3ccc(C(C)C)cc3n2[C@@H](C)COC)=CN1C. The zero-order chi connectivity index (χ0) is 19.0. The van der Waals surface area contributed by atoms with Gasteiger partial charge in [0.05, 0.1) is 23.7 Å². The van der Waals surface area contributed by atoms with Gasteiger partial charge in [-0.05, 0) is 49.1 Å². The predicted octanol–water partition coefficient (Wildman–Crippen LogP) is 5.11. The van der Waals surface area contributed by atoms with Gasteiger partial charge in [-0.1, -0.05) is 26.5 Å². The van der Waals surface area contributed by atoms with E-state index in [-0.39, 0.29) is 6.04 Å². The number of hydrogen-bond acceptors (Lipinski definition) is 3. The maximum Gasteiger partial charge on any atom is 0.142 e. The van der Waals surface area contributed by atoms with Gasteiger partial charge in [0, 0.05) is 31.6 Å². The summed E-state index contributed by atoms with van der Waals surface area (Å²) in [6.07, 6.45) is 4.28. The number of nitrogens with zero attached hydrogens (tertiary/aromatic N) is 3. The summed E-state index contributed by atoms with van der Waals surface area (Å²) in [5.74, 6) is 1.46. The van der Waals surface area contributed by atoms with Crippen molar-refractivity contribution in [2.45, 2.75) is 39.7 Å². The van der Waals surface area contributed by atoms with Crippen molar-refractivity contribution < 1.29 is 4.74 Å². The molecular weight excluding hydrogens is 322 g/mol. The van der Waals surface area contributed by atoms with Gasteiger partial charge < -0.3 is 14.2 Å². The molecule has 4 heteroatoms. The number of methoxy groups -OCH3 is 1. The average molecular weight is 351 g/mol. The first kappa shape index (κ1) is 18.5. The molecule has 1 aliphatic rings. The van der Waals surface area contributed by atoms with Gasteiger partial charge in [0.2, 0.25) is 0 Å². The molecule has 4 nitrogen and oxygen atoms in total. The first-order chi connectivity index (χ1) is 12.3. The van der Waals surface area contributed by atoms with Gasteiger partial charge in [-0.2, -0.15) is 0 Å². The third kappa shape index (κ3) is 3.21. The van der Waals surface area contributed by atoms with Crippen LogP contribution in [-0.4, -0.2) is 35.2 Å². The Morgan fingerprint density at radius 1 is 1.23 bits per heavy atom.